The molecule has 0 atom stereocenters. The lowest BCUT2D eigenvalue weighted by molar-refractivity contribution is 0.0520. The highest BCUT2D eigenvalue weighted by Gasteiger charge is 2.19. The summed E-state index contributed by atoms with van der Waals surface area (Å²) < 4.78 is 5.01. The first-order valence-electron chi connectivity index (χ1n) is 10.4. The number of thiazole rings is 1. The van der Waals surface area contributed by atoms with E-state index >= 15 is 0 Å². The number of hydrogen-bond acceptors (Lipinski definition) is 5. The summed E-state index contributed by atoms with van der Waals surface area (Å²) in [6.07, 6.45) is 4.26. The molecule has 0 saturated carbocycles. The van der Waals surface area contributed by atoms with E-state index in [2.05, 4.69) is 25.8 Å². The Kier molecular flexibility index (Phi) is 9.32. The molecule has 0 aliphatic carbocycles. The Morgan fingerprint density at radius 1 is 1.17 bits per heavy atom. The van der Waals surface area contributed by atoms with Crippen molar-refractivity contribution in [3.05, 3.63) is 51.5 Å². The third-order valence-corrected chi connectivity index (χ3v) is 5.48. The lowest BCUT2D eigenvalue weighted by atomic mass is 10.1. The van der Waals surface area contributed by atoms with E-state index in [0.717, 1.165) is 30.7 Å². The third-order valence-electron chi connectivity index (χ3n) is 4.65. The first-order valence-corrected chi connectivity index (χ1v) is 11.3. The second kappa shape index (κ2) is 11.7. The van der Waals surface area contributed by atoms with E-state index < -0.39 is 5.97 Å². The first-order chi connectivity index (χ1) is 13.9. The van der Waals surface area contributed by atoms with Gasteiger partial charge in [0.1, 0.15) is 5.01 Å². The van der Waals surface area contributed by atoms with Crippen LogP contribution in [0.15, 0.2) is 29.6 Å². The Morgan fingerprint density at radius 3 is 2.52 bits per heavy atom. The molecule has 0 radical (unpaired) electrons. The lowest BCUT2D eigenvalue weighted by Gasteiger charge is -2.23. The van der Waals surface area contributed by atoms with Crippen molar-refractivity contribution in [2.45, 2.75) is 59.9 Å². The van der Waals surface area contributed by atoms with Crippen LogP contribution in [0.4, 0.5) is 0 Å². The number of hydrogen-bond donors (Lipinski definition) is 0. The van der Waals surface area contributed by atoms with Crippen molar-refractivity contribution in [1.82, 2.24) is 9.88 Å². The summed E-state index contributed by atoms with van der Waals surface area (Å²) in [5.41, 5.74) is 2.26. The molecule has 1 heterocycles. The van der Waals surface area contributed by atoms with Gasteiger partial charge in [0.05, 0.1) is 13.2 Å². The number of esters is 1. The third kappa shape index (κ3) is 7.28. The van der Waals surface area contributed by atoms with Crippen molar-refractivity contribution in [3.8, 4) is 0 Å². The van der Waals surface area contributed by atoms with Gasteiger partial charge in [0.2, 0.25) is 0 Å². The van der Waals surface area contributed by atoms with Gasteiger partial charge in [0, 0.05) is 17.5 Å². The van der Waals surface area contributed by atoms with Crippen LogP contribution in [0.25, 0.3) is 0 Å². The quantitative estimate of drug-likeness (QED) is 0.463. The number of carbonyl (C=O) groups excluding carboxylic acids is 2. The van der Waals surface area contributed by atoms with Crippen molar-refractivity contribution in [3.63, 3.8) is 0 Å². The second-order valence-electron chi connectivity index (χ2n) is 7.56. The van der Waals surface area contributed by atoms with Gasteiger partial charge >= 0.3 is 5.97 Å². The minimum Gasteiger partial charge on any atom is -0.461 e. The van der Waals surface area contributed by atoms with Gasteiger partial charge < -0.3 is 9.64 Å². The minimum absolute atomic E-state index is 0.000534. The Labute approximate surface area is 178 Å². The molecular formula is C23H32N2O3S. The molecular weight excluding hydrogens is 384 g/mol. The maximum atomic E-state index is 13.1. The van der Waals surface area contributed by atoms with Crippen molar-refractivity contribution >= 4 is 23.2 Å². The van der Waals surface area contributed by atoms with Gasteiger partial charge in [-0.15, -0.1) is 11.3 Å². The van der Waals surface area contributed by atoms with Crippen molar-refractivity contribution in [1.29, 1.82) is 0 Å². The van der Waals surface area contributed by atoms with Gasteiger partial charge in [0.15, 0.2) is 5.69 Å². The van der Waals surface area contributed by atoms with Crippen LogP contribution in [0.5, 0.6) is 0 Å². The highest BCUT2D eigenvalue weighted by molar-refractivity contribution is 7.09. The Morgan fingerprint density at radius 2 is 1.90 bits per heavy atom. The largest absolute Gasteiger partial charge is 0.461 e. The number of ether oxygens (including phenoxy) is 1. The predicted octanol–water partition coefficient (Wildman–Crippen LogP) is 5.35. The fraction of sp³-hybridized carbons (Fsp3) is 0.522. The van der Waals surface area contributed by atoms with Crippen LogP contribution in [0.1, 0.15) is 78.4 Å². The topological polar surface area (TPSA) is 59.5 Å². The molecule has 158 valence electrons. The smallest absolute Gasteiger partial charge is 0.357 e. The number of carbonyl (C=O) groups is 2. The van der Waals surface area contributed by atoms with Gasteiger partial charge in [-0.2, -0.15) is 0 Å². The van der Waals surface area contributed by atoms with E-state index in [0.29, 0.717) is 36.9 Å². The molecule has 0 unspecified atom stereocenters. The number of nitrogens with zero attached hydrogens (tertiary/aromatic N) is 2. The molecule has 6 heteroatoms. The highest BCUT2D eigenvalue weighted by Crippen LogP contribution is 2.18. The number of aryl methyl sites for hydroxylation is 1. The zero-order chi connectivity index (χ0) is 21.2. The SMILES string of the molecule is CCCCc1ccc(C(=O)N(CCC(C)C)Cc2nc(C(=O)OCC)cs2)cc1. The maximum Gasteiger partial charge on any atom is 0.357 e. The second-order valence-corrected chi connectivity index (χ2v) is 8.50. The minimum atomic E-state index is -0.419. The molecule has 0 aliphatic rings. The molecule has 0 bridgehead atoms. The molecule has 1 aromatic heterocycles. The fourth-order valence-electron chi connectivity index (χ4n) is 2.89. The maximum absolute atomic E-state index is 13.1. The average molecular weight is 417 g/mol. The van der Waals surface area contributed by atoms with Gasteiger partial charge in [-0.1, -0.05) is 39.3 Å². The van der Waals surface area contributed by atoms with Crippen LogP contribution < -0.4 is 0 Å². The zero-order valence-electron chi connectivity index (χ0n) is 17.9. The van der Waals surface area contributed by atoms with Gasteiger partial charge in [-0.25, -0.2) is 9.78 Å². The molecule has 2 aromatic rings. The monoisotopic (exact) mass is 416 g/mol. The standard InChI is InChI=1S/C23H32N2O3S/c1-5-7-8-18-9-11-19(12-10-18)22(26)25(14-13-17(3)4)15-21-24-20(16-29-21)23(27)28-6-2/h9-12,16-17H,5-8,13-15H2,1-4H3. The van der Waals surface area contributed by atoms with Gasteiger partial charge in [0.25, 0.3) is 5.91 Å². The molecule has 0 saturated heterocycles. The van der Waals surface area contributed by atoms with Crippen LogP contribution in [-0.2, 0) is 17.7 Å². The zero-order valence-corrected chi connectivity index (χ0v) is 18.8. The summed E-state index contributed by atoms with van der Waals surface area (Å²) in [6.45, 7) is 9.61. The summed E-state index contributed by atoms with van der Waals surface area (Å²) >= 11 is 1.38. The normalized spacial score (nSPS) is 10.9. The Bertz CT molecular complexity index is 784. The Balaban J connectivity index is 2.12. The fourth-order valence-corrected chi connectivity index (χ4v) is 3.67. The number of aromatic nitrogens is 1. The highest BCUT2D eigenvalue weighted by atomic mass is 32.1. The summed E-state index contributed by atoms with van der Waals surface area (Å²) in [7, 11) is 0. The van der Waals surface area contributed by atoms with Crippen LogP contribution >= 0.6 is 11.3 Å². The van der Waals surface area contributed by atoms with Crippen LogP contribution in [0.2, 0.25) is 0 Å². The molecule has 0 fully saturated rings. The van der Waals surface area contributed by atoms with E-state index in [-0.39, 0.29) is 5.91 Å². The number of benzene rings is 1. The molecule has 0 N–H and O–H groups in total. The Hall–Kier alpha value is -2.21. The van der Waals surface area contributed by atoms with Gasteiger partial charge in [-0.05, 0) is 49.8 Å². The van der Waals surface area contributed by atoms with E-state index in [9.17, 15) is 9.59 Å². The molecule has 1 amide bonds. The molecule has 0 aliphatic heterocycles. The summed E-state index contributed by atoms with van der Waals surface area (Å²) in [5.74, 6) is 0.0754. The van der Waals surface area contributed by atoms with E-state index in [1.165, 1.54) is 16.9 Å². The van der Waals surface area contributed by atoms with Crippen molar-refractivity contribution in [2.75, 3.05) is 13.2 Å². The summed E-state index contributed by atoms with van der Waals surface area (Å²) in [5, 5.41) is 2.44. The van der Waals surface area contributed by atoms with E-state index in [4.69, 9.17) is 4.74 Å². The molecule has 1 aromatic carbocycles. The number of unbranched alkanes of at least 4 members (excludes halogenated alkanes) is 1. The van der Waals surface area contributed by atoms with Crippen molar-refractivity contribution < 1.29 is 14.3 Å². The molecule has 0 spiro atoms. The molecule has 2 rings (SSSR count). The average Bonchev–Trinajstić information content (AvgIpc) is 3.18. The lowest BCUT2D eigenvalue weighted by Crippen LogP contribution is -2.32. The number of amides is 1. The van der Waals surface area contributed by atoms with E-state index in [1.54, 1.807) is 12.3 Å². The van der Waals surface area contributed by atoms with Gasteiger partial charge in [-0.3, -0.25) is 4.79 Å². The van der Waals surface area contributed by atoms with Crippen LogP contribution in [0, 0.1) is 5.92 Å². The van der Waals surface area contributed by atoms with E-state index in [1.807, 2.05) is 29.2 Å². The number of rotatable bonds is 11. The van der Waals surface area contributed by atoms with Crippen molar-refractivity contribution in [2.24, 2.45) is 5.92 Å². The molecule has 29 heavy (non-hydrogen) atoms. The van der Waals surface area contributed by atoms with Crippen LogP contribution in [-0.4, -0.2) is 34.9 Å². The first kappa shape index (κ1) is 23.1. The summed E-state index contributed by atoms with van der Waals surface area (Å²) in [4.78, 5) is 31.2. The van der Waals surface area contributed by atoms with Crippen LogP contribution in [0.3, 0.4) is 0 Å². The molecule has 5 nitrogen and oxygen atoms in total. The summed E-state index contributed by atoms with van der Waals surface area (Å²) in [6, 6.07) is 7.93. The predicted molar refractivity (Wildman–Crippen MR) is 117 cm³/mol.